The highest BCUT2D eigenvalue weighted by molar-refractivity contribution is 7.98. The fraction of sp³-hybridized carbons (Fsp3) is 0.438. The largest absolute Gasteiger partial charge is 0.494 e. The molecule has 1 heterocycles. The van der Waals surface area contributed by atoms with Gasteiger partial charge in [-0.1, -0.05) is 12.1 Å². The van der Waals surface area contributed by atoms with Gasteiger partial charge in [-0.15, -0.1) is 0 Å². The molecule has 2 aromatic rings. The van der Waals surface area contributed by atoms with Gasteiger partial charge >= 0.3 is 0 Å². The molecule has 0 unspecified atom stereocenters. The van der Waals surface area contributed by atoms with Gasteiger partial charge < -0.3 is 14.0 Å². The van der Waals surface area contributed by atoms with Crippen molar-refractivity contribution in [2.75, 3.05) is 19.0 Å². The van der Waals surface area contributed by atoms with Crippen LogP contribution in [0.3, 0.4) is 0 Å². The number of rotatable bonds is 9. The van der Waals surface area contributed by atoms with E-state index in [4.69, 9.17) is 14.0 Å². The van der Waals surface area contributed by atoms with Gasteiger partial charge in [0.1, 0.15) is 17.3 Å². The van der Waals surface area contributed by atoms with Gasteiger partial charge in [-0.2, -0.15) is 11.8 Å². The predicted molar refractivity (Wildman–Crippen MR) is 85.1 cm³/mol. The third-order valence-electron chi connectivity index (χ3n) is 2.72. The summed E-state index contributed by atoms with van der Waals surface area (Å²) in [7, 11) is 0. The summed E-state index contributed by atoms with van der Waals surface area (Å²) in [5.74, 6) is 4.38. The van der Waals surface area contributed by atoms with Gasteiger partial charge in [-0.3, -0.25) is 0 Å². The molecule has 0 saturated heterocycles. The minimum atomic E-state index is 0.677. The zero-order chi connectivity index (χ0) is 14.9. The van der Waals surface area contributed by atoms with E-state index >= 15 is 0 Å². The van der Waals surface area contributed by atoms with Crippen molar-refractivity contribution >= 4 is 11.8 Å². The minimum absolute atomic E-state index is 0.677. The van der Waals surface area contributed by atoms with Gasteiger partial charge in [-0.05, 0) is 37.6 Å². The second-order valence-corrected chi connectivity index (χ2v) is 5.75. The van der Waals surface area contributed by atoms with Gasteiger partial charge in [0.05, 0.1) is 18.9 Å². The quantitative estimate of drug-likeness (QED) is 0.653. The second-order valence-electron chi connectivity index (χ2n) is 4.65. The van der Waals surface area contributed by atoms with E-state index in [1.807, 2.05) is 37.3 Å². The lowest BCUT2D eigenvalue weighted by molar-refractivity contribution is 0.314. The fourth-order valence-electron chi connectivity index (χ4n) is 1.73. The summed E-state index contributed by atoms with van der Waals surface area (Å²) in [6.45, 7) is 5.42. The first-order chi connectivity index (χ1) is 10.3. The summed E-state index contributed by atoms with van der Waals surface area (Å²) in [5.41, 5.74) is 0.981. The van der Waals surface area contributed by atoms with E-state index in [0.717, 1.165) is 47.5 Å². The van der Waals surface area contributed by atoms with Crippen LogP contribution in [0.4, 0.5) is 0 Å². The van der Waals surface area contributed by atoms with Gasteiger partial charge in [-0.25, -0.2) is 0 Å². The van der Waals surface area contributed by atoms with Gasteiger partial charge in [0, 0.05) is 17.6 Å². The lowest BCUT2D eigenvalue weighted by Crippen LogP contribution is -2.01. The van der Waals surface area contributed by atoms with E-state index in [1.165, 1.54) is 0 Å². The molecule has 1 aromatic heterocycles. The molecule has 2 rings (SSSR count). The van der Waals surface area contributed by atoms with Crippen LogP contribution in [0.15, 0.2) is 34.9 Å². The molecule has 0 aliphatic carbocycles. The standard InChI is InChI=1S/C16H21NO3S/c1-3-8-18-15-4-6-16(7-5-15)19-9-10-21-12-14-11-13(2)20-17-14/h4-7,11H,3,8-10,12H2,1-2H3. The lowest BCUT2D eigenvalue weighted by atomic mass is 10.3. The van der Waals surface area contributed by atoms with Crippen LogP contribution < -0.4 is 9.47 Å². The van der Waals surface area contributed by atoms with Crippen molar-refractivity contribution in [2.24, 2.45) is 0 Å². The van der Waals surface area contributed by atoms with Crippen molar-refractivity contribution in [2.45, 2.75) is 26.0 Å². The Hall–Kier alpha value is -1.62. The van der Waals surface area contributed by atoms with E-state index in [9.17, 15) is 0 Å². The highest BCUT2D eigenvalue weighted by atomic mass is 32.2. The number of aromatic nitrogens is 1. The molecule has 21 heavy (non-hydrogen) atoms. The van der Waals surface area contributed by atoms with Crippen LogP contribution >= 0.6 is 11.8 Å². The molecular formula is C16H21NO3S. The molecule has 0 atom stereocenters. The van der Waals surface area contributed by atoms with E-state index < -0.39 is 0 Å². The molecule has 0 aliphatic rings. The Kier molecular flexibility index (Phi) is 6.47. The number of nitrogens with zero attached hydrogens (tertiary/aromatic N) is 1. The van der Waals surface area contributed by atoms with Crippen molar-refractivity contribution in [3.8, 4) is 11.5 Å². The molecular weight excluding hydrogens is 286 g/mol. The molecule has 114 valence electrons. The second kappa shape index (κ2) is 8.62. The Morgan fingerprint density at radius 2 is 1.76 bits per heavy atom. The van der Waals surface area contributed by atoms with E-state index in [1.54, 1.807) is 11.8 Å². The van der Waals surface area contributed by atoms with E-state index in [-0.39, 0.29) is 0 Å². The van der Waals surface area contributed by atoms with Crippen molar-refractivity contribution < 1.29 is 14.0 Å². The molecule has 0 amide bonds. The normalized spacial score (nSPS) is 10.6. The van der Waals surface area contributed by atoms with Crippen LogP contribution in [0.1, 0.15) is 24.8 Å². The minimum Gasteiger partial charge on any atom is -0.494 e. The molecule has 5 heteroatoms. The molecule has 1 aromatic carbocycles. The van der Waals surface area contributed by atoms with Crippen molar-refractivity contribution in [1.29, 1.82) is 0 Å². The smallest absolute Gasteiger partial charge is 0.133 e. The molecule has 0 bridgehead atoms. The maximum absolute atomic E-state index is 5.69. The van der Waals surface area contributed by atoms with Crippen LogP contribution in [0.25, 0.3) is 0 Å². The number of hydrogen-bond acceptors (Lipinski definition) is 5. The first kappa shape index (κ1) is 15.8. The van der Waals surface area contributed by atoms with Crippen LogP contribution in [0.2, 0.25) is 0 Å². The van der Waals surface area contributed by atoms with Gasteiger partial charge in [0.25, 0.3) is 0 Å². The number of benzene rings is 1. The van der Waals surface area contributed by atoms with Crippen LogP contribution in [0, 0.1) is 6.92 Å². The van der Waals surface area contributed by atoms with Crippen LogP contribution in [-0.2, 0) is 5.75 Å². The van der Waals surface area contributed by atoms with E-state index in [0.29, 0.717) is 6.61 Å². The Morgan fingerprint density at radius 1 is 1.10 bits per heavy atom. The summed E-state index contributed by atoms with van der Waals surface area (Å²) in [4.78, 5) is 0. The molecule has 0 saturated carbocycles. The first-order valence-electron chi connectivity index (χ1n) is 7.13. The first-order valence-corrected chi connectivity index (χ1v) is 8.29. The third-order valence-corrected chi connectivity index (χ3v) is 3.67. The highest BCUT2D eigenvalue weighted by Gasteiger charge is 2.01. The SMILES string of the molecule is CCCOc1ccc(OCCSCc2cc(C)on2)cc1. The molecule has 4 nitrogen and oxygen atoms in total. The zero-order valence-corrected chi connectivity index (χ0v) is 13.3. The van der Waals surface area contributed by atoms with Gasteiger partial charge in [0.2, 0.25) is 0 Å². The number of thioether (sulfide) groups is 1. The fourth-order valence-corrected chi connectivity index (χ4v) is 2.42. The molecule has 0 fully saturated rings. The maximum atomic E-state index is 5.69. The summed E-state index contributed by atoms with van der Waals surface area (Å²) in [6, 6.07) is 9.72. The monoisotopic (exact) mass is 307 g/mol. The van der Waals surface area contributed by atoms with Crippen molar-refractivity contribution in [3.63, 3.8) is 0 Å². The topological polar surface area (TPSA) is 44.5 Å². The number of aryl methyl sites for hydroxylation is 1. The third kappa shape index (κ3) is 5.71. The molecule has 0 spiro atoms. The van der Waals surface area contributed by atoms with Crippen LogP contribution in [0.5, 0.6) is 11.5 Å². The lowest BCUT2D eigenvalue weighted by Gasteiger charge is -2.07. The summed E-state index contributed by atoms with van der Waals surface area (Å²) < 4.78 is 16.2. The number of ether oxygens (including phenoxy) is 2. The Labute approximate surface area is 129 Å². The average molecular weight is 307 g/mol. The van der Waals surface area contributed by atoms with Crippen molar-refractivity contribution in [1.82, 2.24) is 5.16 Å². The highest BCUT2D eigenvalue weighted by Crippen LogP contribution is 2.18. The summed E-state index contributed by atoms with van der Waals surface area (Å²) >= 11 is 1.78. The zero-order valence-electron chi connectivity index (χ0n) is 12.5. The Morgan fingerprint density at radius 3 is 2.33 bits per heavy atom. The Balaban J connectivity index is 1.62. The van der Waals surface area contributed by atoms with Gasteiger partial charge in [0.15, 0.2) is 0 Å². The average Bonchev–Trinajstić information content (AvgIpc) is 2.91. The maximum Gasteiger partial charge on any atom is 0.133 e. The summed E-state index contributed by atoms with van der Waals surface area (Å²) in [6.07, 6.45) is 1.01. The number of hydrogen-bond donors (Lipinski definition) is 0. The summed E-state index contributed by atoms with van der Waals surface area (Å²) in [5, 5.41) is 3.96. The molecule has 0 aliphatic heterocycles. The molecule has 0 radical (unpaired) electrons. The van der Waals surface area contributed by atoms with E-state index in [2.05, 4.69) is 12.1 Å². The van der Waals surface area contributed by atoms with Crippen LogP contribution in [-0.4, -0.2) is 24.1 Å². The predicted octanol–water partition coefficient (Wildman–Crippen LogP) is 4.08. The Bertz CT molecular complexity index is 525. The molecule has 0 N–H and O–H groups in total. The van der Waals surface area contributed by atoms with Crippen molar-refractivity contribution in [3.05, 3.63) is 41.8 Å².